The predicted molar refractivity (Wildman–Crippen MR) is 64.2 cm³/mol. The number of amides is 1. The number of carbonyl (C=O) groups is 2. The van der Waals surface area contributed by atoms with Gasteiger partial charge in [0, 0.05) is 11.6 Å². The molecule has 0 aliphatic heterocycles. The van der Waals surface area contributed by atoms with Crippen molar-refractivity contribution in [1.82, 2.24) is 15.1 Å². The fourth-order valence-corrected chi connectivity index (χ4v) is 1.84. The fourth-order valence-electron chi connectivity index (χ4n) is 1.84. The molecule has 0 saturated heterocycles. The van der Waals surface area contributed by atoms with Crippen LogP contribution in [0.4, 0.5) is 13.2 Å². The van der Waals surface area contributed by atoms with Crippen LogP contribution in [0.1, 0.15) is 30.1 Å². The molecule has 1 aliphatic rings. The summed E-state index contributed by atoms with van der Waals surface area (Å²) in [6, 6.07) is 0.977. The van der Waals surface area contributed by atoms with Crippen LogP contribution in [0.25, 0.3) is 0 Å². The topological polar surface area (TPSA) is 73.2 Å². The van der Waals surface area contributed by atoms with Gasteiger partial charge >= 0.3 is 12.1 Å². The molecule has 1 N–H and O–H groups in total. The van der Waals surface area contributed by atoms with Gasteiger partial charge in [-0.05, 0) is 18.9 Å². The van der Waals surface area contributed by atoms with E-state index in [0.29, 0.717) is 5.69 Å². The summed E-state index contributed by atoms with van der Waals surface area (Å²) in [5.74, 6) is -1.22. The van der Waals surface area contributed by atoms with E-state index >= 15 is 0 Å². The number of nitrogens with zero attached hydrogens (tertiary/aromatic N) is 2. The van der Waals surface area contributed by atoms with Crippen molar-refractivity contribution in [2.24, 2.45) is 0 Å². The largest absolute Gasteiger partial charge is 0.468 e. The van der Waals surface area contributed by atoms with Crippen LogP contribution >= 0.6 is 0 Å². The van der Waals surface area contributed by atoms with Crippen LogP contribution in [-0.4, -0.2) is 35.3 Å². The molecule has 1 aromatic rings. The van der Waals surface area contributed by atoms with Gasteiger partial charge in [0.1, 0.15) is 13.1 Å². The summed E-state index contributed by atoms with van der Waals surface area (Å²) in [4.78, 5) is 22.5. The molecule has 0 atom stereocenters. The lowest BCUT2D eigenvalue weighted by atomic mass is 10.2. The molecule has 9 heteroatoms. The van der Waals surface area contributed by atoms with Gasteiger partial charge in [-0.3, -0.25) is 14.3 Å². The van der Waals surface area contributed by atoms with Crippen LogP contribution in [0.2, 0.25) is 0 Å². The van der Waals surface area contributed by atoms with Crippen molar-refractivity contribution in [2.45, 2.75) is 31.5 Å². The van der Waals surface area contributed by atoms with E-state index in [1.807, 2.05) is 0 Å². The smallest absolute Gasteiger partial charge is 0.435 e. The summed E-state index contributed by atoms with van der Waals surface area (Å²) < 4.78 is 43.4. The number of aromatic nitrogens is 2. The molecule has 0 aromatic carbocycles. The first kappa shape index (κ1) is 15.3. The Balaban J connectivity index is 2.06. The monoisotopic (exact) mass is 305 g/mol. The minimum absolute atomic E-state index is 0.0157. The van der Waals surface area contributed by atoms with Crippen LogP contribution in [0.5, 0.6) is 0 Å². The predicted octanol–water partition coefficient (Wildman–Crippen LogP) is 1.07. The zero-order chi connectivity index (χ0) is 15.6. The average Bonchev–Trinajstić information content (AvgIpc) is 3.16. The SMILES string of the molecule is COC(=O)CNC(=O)Cn1nc(C(F)(F)F)cc1C1CC1. The van der Waals surface area contributed by atoms with Crippen molar-refractivity contribution in [3.8, 4) is 0 Å². The number of esters is 1. The lowest BCUT2D eigenvalue weighted by Crippen LogP contribution is -2.33. The molecule has 1 heterocycles. The Labute approximate surface area is 118 Å². The zero-order valence-corrected chi connectivity index (χ0v) is 11.2. The molecule has 2 rings (SSSR count). The number of carbonyl (C=O) groups excluding carboxylic acids is 2. The van der Waals surface area contributed by atoms with Gasteiger partial charge in [0.25, 0.3) is 0 Å². The van der Waals surface area contributed by atoms with E-state index in [1.165, 1.54) is 7.11 Å². The molecular weight excluding hydrogens is 291 g/mol. The van der Waals surface area contributed by atoms with Crippen LogP contribution < -0.4 is 5.32 Å². The molecular formula is C12H14F3N3O3. The standard InChI is InChI=1S/C12H14F3N3O3/c1-21-11(20)5-16-10(19)6-18-8(7-2-3-7)4-9(17-18)12(13,14)15/h4,7H,2-3,5-6H2,1H3,(H,16,19). The summed E-state index contributed by atoms with van der Waals surface area (Å²) in [5.41, 5.74) is -0.610. The van der Waals surface area contributed by atoms with Gasteiger partial charge in [-0.2, -0.15) is 18.3 Å². The van der Waals surface area contributed by atoms with E-state index in [4.69, 9.17) is 0 Å². The number of halogens is 3. The van der Waals surface area contributed by atoms with Gasteiger partial charge < -0.3 is 10.1 Å². The highest BCUT2D eigenvalue weighted by atomic mass is 19.4. The van der Waals surface area contributed by atoms with Crippen molar-refractivity contribution in [2.75, 3.05) is 13.7 Å². The lowest BCUT2D eigenvalue weighted by molar-refractivity contribution is -0.141. The molecule has 0 bridgehead atoms. The number of hydrogen-bond acceptors (Lipinski definition) is 4. The van der Waals surface area contributed by atoms with Crippen LogP contribution in [0, 0.1) is 0 Å². The highest BCUT2D eigenvalue weighted by Crippen LogP contribution is 2.42. The summed E-state index contributed by atoms with van der Waals surface area (Å²) in [5, 5.41) is 5.71. The number of hydrogen-bond donors (Lipinski definition) is 1. The van der Waals surface area contributed by atoms with Crippen molar-refractivity contribution in [3.63, 3.8) is 0 Å². The molecule has 1 fully saturated rings. The zero-order valence-electron chi connectivity index (χ0n) is 11.2. The van der Waals surface area contributed by atoms with E-state index < -0.39 is 23.7 Å². The Morgan fingerprint density at radius 1 is 1.48 bits per heavy atom. The lowest BCUT2D eigenvalue weighted by Gasteiger charge is -2.07. The third-order valence-corrected chi connectivity index (χ3v) is 3.05. The maximum absolute atomic E-state index is 12.7. The van der Waals surface area contributed by atoms with E-state index in [0.717, 1.165) is 23.6 Å². The first-order valence-corrected chi connectivity index (χ1v) is 6.29. The number of alkyl halides is 3. The molecule has 0 radical (unpaired) electrons. The second kappa shape index (κ2) is 5.74. The van der Waals surface area contributed by atoms with Crippen molar-refractivity contribution in [1.29, 1.82) is 0 Å². The van der Waals surface area contributed by atoms with Crippen molar-refractivity contribution in [3.05, 3.63) is 17.5 Å². The Morgan fingerprint density at radius 3 is 2.67 bits per heavy atom. The Hall–Kier alpha value is -2.06. The molecule has 6 nitrogen and oxygen atoms in total. The highest BCUT2D eigenvalue weighted by molar-refractivity contribution is 5.81. The van der Waals surface area contributed by atoms with Gasteiger partial charge in [0.2, 0.25) is 5.91 Å². The number of nitrogens with one attached hydrogen (secondary N) is 1. The third kappa shape index (κ3) is 3.96. The molecule has 1 saturated carbocycles. The summed E-state index contributed by atoms with van der Waals surface area (Å²) >= 11 is 0. The van der Waals surface area contributed by atoms with Crippen LogP contribution in [0.3, 0.4) is 0 Å². The summed E-state index contributed by atoms with van der Waals surface area (Å²) in [6.07, 6.45) is -2.98. The minimum Gasteiger partial charge on any atom is -0.468 e. The second-order valence-corrected chi connectivity index (χ2v) is 4.74. The highest BCUT2D eigenvalue weighted by Gasteiger charge is 2.38. The van der Waals surface area contributed by atoms with Gasteiger partial charge in [-0.15, -0.1) is 0 Å². The van der Waals surface area contributed by atoms with Gasteiger partial charge in [0.05, 0.1) is 7.11 Å². The number of rotatable bonds is 5. The van der Waals surface area contributed by atoms with Gasteiger partial charge in [-0.25, -0.2) is 0 Å². The Morgan fingerprint density at radius 2 is 2.14 bits per heavy atom. The first-order valence-electron chi connectivity index (χ1n) is 6.29. The van der Waals surface area contributed by atoms with E-state index in [-0.39, 0.29) is 19.0 Å². The molecule has 1 aliphatic carbocycles. The van der Waals surface area contributed by atoms with Gasteiger partial charge in [-0.1, -0.05) is 0 Å². The number of ether oxygens (including phenoxy) is 1. The molecule has 21 heavy (non-hydrogen) atoms. The minimum atomic E-state index is -4.54. The quantitative estimate of drug-likeness (QED) is 0.826. The fraction of sp³-hybridized carbons (Fsp3) is 0.583. The van der Waals surface area contributed by atoms with Crippen molar-refractivity contribution < 1.29 is 27.5 Å². The summed E-state index contributed by atoms with van der Waals surface area (Å²) in [7, 11) is 1.17. The second-order valence-electron chi connectivity index (χ2n) is 4.74. The van der Waals surface area contributed by atoms with Crippen molar-refractivity contribution >= 4 is 11.9 Å². The van der Waals surface area contributed by atoms with E-state index in [2.05, 4.69) is 15.2 Å². The molecule has 116 valence electrons. The van der Waals surface area contributed by atoms with Gasteiger partial charge in [0.15, 0.2) is 5.69 Å². The van der Waals surface area contributed by atoms with E-state index in [1.54, 1.807) is 0 Å². The molecule has 1 aromatic heterocycles. The summed E-state index contributed by atoms with van der Waals surface area (Å²) in [6.45, 7) is -0.694. The van der Waals surface area contributed by atoms with E-state index in [9.17, 15) is 22.8 Å². The maximum Gasteiger partial charge on any atom is 0.435 e. The third-order valence-electron chi connectivity index (χ3n) is 3.05. The molecule has 0 spiro atoms. The number of methoxy groups -OCH3 is 1. The van der Waals surface area contributed by atoms with Crippen LogP contribution in [0.15, 0.2) is 6.07 Å². The first-order chi connectivity index (χ1) is 9.81. The van der Waals surface area contributed by atoms with Crippen LogP contribution in [-0.2, 0) is 27.0 Å². The molecule has 0 unspecified atom stereocenters. The Bertz CT molecular complexity index is 550. The maximum atomic E-state index is 12.7. The Kier molecular flexibility index (Phi) is 4.19. The average molecular weight is 305 g/mol. The molecule has 1 amide bonds. The normalized spacial score (nSPS) is 14.9.